The molecule has 0 unspecified atom stereocenters. The van der Waals surface area contributed by atoms with Crippen LogP contribution in [-0.4, -0.2) is 40.4 Å². The number of nitrogens with two attached hydrogens (primary N) is 1. The first-order valence-corrected chi connectivity index (χ1v) is 5.99. The molecule has 6 nitrogen and oxygen atoms in total. The van der Waals surface area contributed by atoms with Gasteiger partial charge >= 0.3 is 0 Å². The van der Waals surface area contributed by atoms with E-state index in [0.717, 1.165) is 12.1 Å². The molecule has 0 atom stereocenters. The van der Waals surface area contributed by atoms with Gasteiger partial charge in [-0.3, -0.25) is 4.99 Å². The molecule has 0 aromatic heterocycles. The second-order valence-corrected chi connectivity index (χ2v) is 3.81. The van der Waals surface area contributed by atoms with Gasteiger partial charge in [-0.05, 0) is 18.6 Å². The van der Waals surface area contributed by atoms with Crippen LogP contribution >= 0.6 is 0 Å². The Balaban J connectivity index is 2.61. The predicted molar refractivity (Wildman–Crippen MR) is 76.2 cm³/mol. The average molecular weight is 267 g/mol. The second-order valence-electron chi connectivity index (χ2n) is 3.81. The van der Waals surface area contributed by atoms with Gasteiger partial charge in [0.25, 0.3) is 0 Å². The highest BCUT2D eigenvalue weighted by Crippen LogP contribution is 2.29. The summed E-state index contributed by atoms with van der Waals surface area (Å²) in [6.45, 7) is 1.30. The summed E-state index contributed by atoms with van der Waals surface area (Å²) in [5, 5.41) is 3.00. The fourth-order valence-electron chi connectivity index (χ4n) is 1.51. The van der Waals surface area contributed by atoms with Gasteiger partial charge in [-0.25, -0.2) is 0 Å². The van der Waals surface area contributed by atoms with Crippen molar-refractivity contribution < 1.29 is 14.2 Å². The topological polar surface area (TPSA) is 78.1 Å². The lowest BCUT2D eigenvalue weighted by Crippen LogP contribution is -2.23. The van der Waals surface area contributed by atoms with Crippen LogP contribution < -0.4 is 20.5 Å². The van der Waals surface area contributed by atoms with Gasteiger partial charge in [0.15, 0.2) is 17.5 Å². The lowest BCUT2D eigenvalue weighted by atomic mass is 10.3. The van der Waals surface area contributed by atoms with Gasteiger partial charge in [0, 0.05) is 32.0 Å². The third-order valence-electron chi connectivity index (χ3n) is 2.44. The summed E-state index contributed by atoms with van der Waals surface area (Å²) in [6, 6.07) is 5.45. The number of anilines is 1. The van der Waals surface area contributed by atoms with Crippen LogP contribution in [0, 0.1) is 0 Å². The van der Waals surface area contributed by atoms with Crippen LogP contribution in [0.5, 0.6) is 11.5 Å². The number of hydrogen-bond acceptors (Lipinski definition) is 4. The quantitative estimate of drug-likeness (QED) is 0.444. The normalized spacial score (nSPS) is 11.2. The highest BCUT2D eigenvalue weighted by molar-refractivity contribution is 5.92. The summed E-state index contributed by atoms with van der Waals surface area (Å²) in [5.74, 6) is 1.67. The van der Waals surface area contributed by atoms with Crippen LogP contribution in [0.25, 0.3) is 0 Å². The van der Waals surface area contributed by atoms with Crippen LogP contribution in [0.2, 0.25) is 0 Å². The fraction of sp³-hybridized carbons (Fsp3) is 0.462. The molecule has 0 aliphatic heterocycles. The number of benzene rings is 1. The van der Waals surface area contributed by atoms with Crippen LogP contribution in [0.1, 0.15) is 6.42 Å². The second kappa shape index (κ2) is 8.20. The third kappa shape index (κ3) is 5.05. The van der Waals surface area contributed by atoms with Crippen molar-refractivity contribution in [2.45, 2.75) is 6.42 Å². The maximum Gasteiger partial charge on any atom is 0.193 e. The molecular weight excluding hydrogens is 246 g/mol. The first-order valence-electron chi connectivity index (χ1n) is 5.99. The van der Waals surface area contributed by atoms with E-state index in [1.165, 1.54) is 0 Å². The summed E-state index contributed by atoms with van der Waals surface area (Å²) >= 11 is 0. The van der Waals surface area contributed by atoms with Crippen molar-refractivity contribution in [2.75, 3.05) is 39.8 Å². The van der Waals surface area contributed by atoms with Crippen molar-refractivity contribution in [2.24, 2.45) is 10.7 Å². The zero-order chi connectivity index (χ0) is 14.1. The third-order valence-corrected chi connectivity index (χ3v) is 2.44. The van der Waals surface area contributed by atoms with Gasteiger partial charge in [-0.1, -0.05) is 0 Å². The van der Waals surface area contributed by atoms with E-state index >= 15 is 0 Å². The van der Waals surface area contributed by atoms with E-state index in [2.05, 4.69) is 10.3 Å². The van der Waals surface area contributed by atoms with Gasteiger partial charge < -0.3 is 25.3 Å². The van der Waals surface area contributed by atoms with E-state index in [0.29, 0.717) is 30.6 Å². The van der Waals surface area contributed by atoms with E-state index < -0.39 is 0 Å². The molecule has 19 heavy (non-hydrogen) atoms. The summed E-state index contributed by atoms with van der Waals surface area (Å²) in [4.78, 5) is 4.19. The van der Waals surface area contributed by atoms with E-state index in [1.807, 2.05) is 6.07 Å². The first-order chi connectivity index (χ1) is 9.21. The zero-order valence-electron chi connectivity index (χ0n) is 11.6. The molecule has 0 radical (unpaired) electrons. The van der Waals surface area contributed by atoms with E-state index in [4.69, 9.17) is 19.9 Å². The smallest absolute Gasteiger partial charge is 0.193 e. The standard InChI is InChI=1S/C13H21N3O3/c1-17-8-4-7-15-13(14)16-10-5-6-11(18-2)12(9-10)19-3/h5-6,9H,4,7-8H2,1-3H3,(H3,14,15,16). The summed E-state index contributed by atoms with van der Waals surface area (Å²) < 4.78 is 15.3. The van der Waals surface area contributed by atoms with Crippen LogP contribution in [0.4, 0.5) is 5.69 Å². The molecule has 1 aromatic rings. The van der Waals surface area contributed by atoms with E-state index in [1.54, 1.807) is 33.5 Å². The zero-order valence-corrected chi connectivity index (χ0v) is 11.6. The van der Waals surface area contributed by atoms with Gasteiger partial charge in [0.1, 0.15) is 0 Å². The molecule has 0 spiro atoms. The van der Waals surface area contributed by atoms with Crippen LogP contribution in [0.15, 0.2) is 23.2 Å². The maximum absolute atomic E-state index is 5.78. The highest BCUT2D eigenvalue weighted by Gasteiger charge is 2.04. The molecule has 0 saturated heterocycles. The lowest BCUT2D eigenvalue weighted by Gasteiger charge is -2.10. The Morgan fingerprint density at radius 2 is 1.95 bits per heavy atom. The van der Waals surface area contributed by atoms with Crippen molar-refractivity contribution in [3.63, 3.8) is 0 Å². The molecule has 1 aromatic carbocycles. The molecule has 0 aliphatic carbocycles. The molecular formula is C13H21N3O3. The van der Waals surface area contributed by atoms with Gasteiger partial charge in [-0.15, -0.1) is 0 Å². The Labute approximate surface area is 113 Å². The SMILES string of the molecule is COCCCN=C(N)Nc1ccc(OC)c(OC)c1. The number of guanidine groups is 1. The molecule has 3 N–H and O–H groups in total. The van der Waals surface area contributed by atoms with Crippen molar-refractivity contribution in [1.29, 1.82) is 0 Å². The van der Waals surface area contributed by atoms with Gasteiger partial charge in [-0.2, -0.15) is 0 Å². The number of aliphatic imine (C=N–C) groups is 1. The molecule has 0 heterocycles. The van der Waals surface area contributed by atoms with Gasteiger partial charge in [0.05, 0.1) is 14.2 Å². The highest BCUT2D eigenvalue weighted by atomic mass is 16.5. The molecule has 0 saturated carbocycles. The molecule has 106 valence electrons. The molecule has 0 amide bonds. The van der Waals surface area contributed by atoms with E-state index in [9.17, 15) is 0 Å². The van der Waals surface area contributed by atoms with Crippen LogP contribution in [-0.2, 0) is 4.74 Å². The average Bonchev–Trinajstić information content (AvgIpc) is 2.43. The number of rotatable bonds is 7. The minimum Gasteiger partial charge on any atom is -0.493 e. The fourth-order valence-corrected chi connectivity index (χ4v) is 1.51. The molecule has 6 heteroatoms. The van der Waals surface area contributed by atoms with Crippen molar-refractivity contribution in [3.05, 3.63) is 18.2 Å². The summed E-state index contributed by atoms with van der Waals surface area (Å²) in [5.41, 5.74) is 6.57. The number of nitrogens with zero attached hydrogens (tertiary/aromatic N) is 1. The molecule has 0 fully saturated rings. The minimum atomic E-state index is 0.364. The monoisotopic (exact) mass is 267 g/mol. The minimum absolute atomic E-state index is 0.364. The Hall–Kier alpha value is -1.95. The Kier molecular flexibility index (Phi) is 6.52. The Bertz CT molecular complexity index is 422. The van der Waals surface area contributed by atoms with Crippen molar-refractivity contribution in [1.82, 2.24) is 0 Å². The van der Waals surface area contributed by atoms with E-state index in [-0.39, 0.29) is 0 Å². The molecule has 0 aliphatic rings. The van der Waals surface area contributed by atoms with Crippen molar-refractivity contribution >= 4 is 11.6 Å². The number of nitrogens with one attached hydrogen (secondary N) is 1. The summed E-state index contributed by atoms with van der Waals surface area (Å²) in [6.07, 6.45) is 0.838. The first kappa shape index (κ1) is 15.1. The largest absolute Gasteiger partial charge is 0.493 e. The number of ether oxygens (including phenoxy) is 3. The number of methoxy groups -OCH3 is 3. The summed E-state index contributed by atoms with van der Waals surface area (Å²) in [7, 11) is 4.84. The van der Waals surface area contributed by atoms with Gasteiger partial charge in [0.2, 0.25) is 0 Å². The molecule has 1 rings (SSSR count). The Morgan fingerprint density at radius 3 is 2.58 bits per heavy atom. The maximum atomic E-state index is 5.78. The Morgan fingerprint density at radius 1 is 1.21 bits per heavy atom. The lowest BCUT2D eigenvalue weighted by molar-refractivity contribution is 0.197. The van der Waals surface area contributed by atoms with Crippen molar-refractivity contribution in [3.8, 4) is 11.5 Å². The van der Waals surface area contributed by atoms with Crippen LogP contribution in [0.3, 0.4) is 0 Å². The predicted octanol–water partition coefficient (Wildman–Crippen LogP) is 1.47. The number of hydrogen-bond donors (Lipinski definition) is 2. The molecule has 0 bridgehead atoms.